The van der Waals surface area contributed by atoms with Crippen molar-refractivity contribution in [3.05, 3.63) is 28.0 Å². The first-order valence-electron chi connectivity index (χ1n) is 6.88. The van der Waals surface area contributed by atoms with Gasteiger partial charge >= 0.3 is 5.97 Å². The summed E-state index contributed by atoms with van der Waals surface area (Å²) >= 11 is 1.72. The molecule has 2 rings (SSSR count). The number of piperidine rings is 1. The Balaban J connectivity index is 1.93. The van der Waals surface area contributed by atoms with Gasteiger partial charge in [0.15, 0.2) is 0 Å². The number of carbonyl (C=O) groups is 1. The normalized spacial score (nSPS) is 18.2. The van der Waals surface area contributed by atoms with Gasteiger partial charge in [-0.15, -0.1) is 11.3 Å². The van der Waals surface area contributed by atoms with E-state index in [1.54, 1.807) is 17.4 Å². The summed E-state index contributed by atoms with van der Waals surface area (Å²) in [5.74, 6) is 0.00636. The Kier molecular flexibility index (Phi) is 5.16. The predicted octanol–water partition coefficient (Wildman–Crippen LogP) is 3.47. The Hall–Kier alpha value is -1.13. The van der Waals surface area contributed by atoms with Crippen LogP contribution in [0.15, 0.2) is 17.5 Å². The van der Waals surface area contributed by atoms with Gasteiger partial charge in [-0.1, -0.05) is 13.3 Å². The van der Waals surface area contributed by atoms with E-state index >= 15 is 0 Å². The molecule has 1 fully saturated rings. The molecule has 104 valence electrons. The molecule has 1 aromatic rings. The number of rotatable bonds is 5. The van der Waals surface area contributed by atoms with Gasteiger partial charge in [0.05, 0.1) is 0 Å². The lowest BCUT2D eigenvalue weighted by atomic mass is 9.94. The highest BCUT2D eigenvalue weighted by atomic mass is 32.1. The molecule has 0 saturated carbocycles. The Bertz CT molecular complexity index is 445. The molecule has 0 atom stereocenters. The zero-order valence-corrected chi connectivity index (χ0v) is 12.2. The first kappa shape index (κ1) is 14.3. The maximum atomic E-state index is 10.6. The number of likely N-dealkylation sites (tertiary alicyclic amines) is 1. The standard InChI is InChI=1S/C15H21NO2S/c1-2-12-5-8-16(9-6-12)11-14-13(7-10-19-14)3-4-15(17)18/h3-4,7,10,12H,2,5-6,8-9,11H2,1H3,(H,17,18). The lowest BCUT2D eigenvalue weighted by Gasteiger charge is -2.31. The summed E-state index contributed by atoms with van der Waals surface area (Å²) in [6.07, 6.45) is 6.80. The molecule has 0 radical (unpaired) electrons. The van der Waals surface area contributed by atoms with Crippen molar-refractivity contribution >= 4 is 23.4 Å². The topological polar surface area (TPSA) is 40.5 Å². The van der Waals surface area contributed by atoms with Crippen LogP contribution in [0.25, 0.3) is 6.08 Å². The Morgan fingerprint density at radius 3 is 2.89 bits per heavy atom. The summed E-state index contributed by atoms with van der Waals surface area (Å²) in [6, 6.07) is 2.00. The Morgan fingerprint density at radius 2 is 2.26 bits per heavy atom. The quantitative estimate of drug-likeness (QED) is 0.839. The lowest BCUT2D eigenvalue weighted by molar-refractivity contribution is -0.131. The van der Waals surface area contributed by atoms with Crippen molar-refractivity contribution in [3.63, 3.8) is 0 Å². The van der Waals surface area contributed by atoms with Crippen molar-refractivity contribution in [1.82, 2.24) is 4.90 Å². The third-order valence-electron chi connectivity index (χ3n) is 3.84. The molecule has 0 unspecified atom stereocenters. The van der Waals surface area contributed by atoms with Crippen LogP contribution >= 0.6 is 11.3 Å². The molecule has 1 N–H and O–H groups in total. The second-order valence-electron chi connectivity index (χ2n) is 5.10. The van der Waals surface area contributed by atoms with Gasteiger partial charge in [0, 0.05) is 17.5 Å². The number of thiophene rings is 1. The largest absolute Gasteiger partial charge is 0.478 e. The van der Waals surface area contributed by atoms with E-state index in [4.69, 9.17) is 5.11 Å². The van der Waals surface area contributed by atoms with Gasteiger partial charge < -0.3 is 5.11 Å². The number of hydrogen-bond donors (Lipinski definition) is 1. The monoisotopic (exact) mass is 279 g/mol. The van der Waals surface area contributed by atoms with Crippen LogP contribution in [-0.2, 0) is 11.3 Å². The number of aliphatic carboxylic acids is 1. The van der Waals surface area contributed by atoms with Crippen molar-refractivity contribution in [2.75, 3.05) is 13.1 Å². The zero-order valence-electron chi connectivity index (χ0n) is 11.3. The van der Waals surface area contributed by atoms with E-state index < -0.39 is 5.97 Å². The van der Waals surface area contributed by atoms with Gasteiger partial charge in [-0.25, -0.2) is 4.79 Å². The second kappa shape index (κ2) is 6.87. The van der Waals surface area contributed by atoms with E-state index in [-0.39, 0.29) is 0 Å². The van der Waals surface area contributed by atoms with Crippen LogP contribution < -0.4 is 0 Å². The van der Waals surface area contributed by atoms with E-state index in [9.17, 15) is 4.79 Å². The van der Waals surface area contributed by atoms with Gasteiger partial charge in [0.1, 0.15) is 0 Å². The van der Waals surface area contributed by atoms with Gasteiger partial charge in [-0.3, -0.25) is 4.90 Å². The Morgan fingerprint density at radius 1 is 1.53 bits per heavy atom. The fourth-order valence-corrected chi connectivity index (χ4v) is 3.45. The maximum Gasteiger partial charge on any atom is 0.328 e. The van der Waals surface area contributed by atoms with Crippen molar-refractivity contribution in [2.24, 2.45) is 5.92 Å². The molecule has 2 heterocycles. The summed E-state index contributed by atoms with van der Waals surface area (Å²) < 4.78 is 0. The van der Waals surface area contributed by atoms with Crippen LogP contribution in [-0.4, -0.2) is 29.1 Å². The summed E-state index contributed by atoms with van der Waals surface area (Å²) in [7, 11) is 0. The first-order chi connectivity index (χ1) is 9.19. The average molecular weight is 279 g/mol. The molecule has 1 aliphatic rings. The molecule has 19 heavy (non-hydrogen) atoms. The minimum absolute atomic E-state index is 0.888. The summed E-state index contributed by atoms with van der Waals surface area (Å²) in [6.45, 7) is 5.55. The third-order valence-corrected chi connectivity index (χ3v) is 4.76. The fraction of sp³-hybridized carbons (Fsp3) is 0.533. The minimum atomic E-state index is -0.888. The third kappa shape index (κ3) is 4.18. The highest BCUT2D eigenvalue weighted by molar-refractivity contribution is 7.10. The fourth-order valence-electron chi connectivity index (χ4n) is 2.54. The van der Waals surface area contributed by atoms with Crippen molar-refractivity contribution in [1.29, 1.82) is 0 Å². The van der Waals surface area contributed by atoms with E-state index in [1.807, 2.05) is 11.4 Å². The maximum absolute atomic E-state index is 10.6. The van der Waals surface area contributed by atoms with Crippen LogP contribution in [0.3, 0.4) is 0 Å². The van der Waals surface area contributed by atoms with Crippen LogP contribution in [0.5, 0.6) is 0 Å². The molecule has 1 aliphatic heterocycles. The summed E-state index contributed by atoms with van der Waals surface area (Å²) in [4.78, 5) is 14.3. The SMILES string of the molecule is CCC1CCN(Cc2sccc2C=CC(=O)O)CC1. The molecule has 0 spiro atoms. The van der Waals surface area contributed by atoms with Crippen molar-refractivity contribution in [3.8, 4) is 0 Å². The van der Waals surface area contributed by atoms with Gasteiger partial charge in [-0.05, 0) is 54.9 Å². The molecule has 0 aromatic carbocycles. The summed E-state index contributed by atoms with van der Waals surface area (Å²) in [5, 5.41) is 10.7. The molecule has 0 aliphatic carbocycles. The molecule has 0 amide bonds. The first-order valence-corrected chi connectivity index (χ1v) is 7.76. The molecular weight excluding hydrogens is 258 g/mol. The molecular formula is C15H21NO2S. The number of hydrogen-bond acceptors (Lipinski definition) is 3. The van der Waals surface area contributed by atoms with Crippen molar-refractivity contribution in [2.45, 2.75) is 32.7 Å². The highest BCUT2D eigenvalue weighted by Gasteiger charge is 2.18. The van der Waals surface area contributed by atoms with E-state index in [1.165, 1.54) is 43.3 Å². The smallest absolute Gasteiger partial charge is 0.328 e. The Labute approximate surface area is 118 Å². The van der Waals surface area contributed by atoms with E-state index in [0.29, 0.717) is 0 Å². The summed E-state index contributed by atoms with van der Waals surface area (Å²) in [5.41, 5.74) is 1.05. The van der Waals surface area contributed by atoms with Crippen molar-refractivity contribution < 1.29 is 9.90 Å². The molecule has 4 heteroatoms. The van der Waals surface area contributed by atoms with Gasteiger partial charge in [0.2, 0.25) is 0 Å². The van der Waals surface area contributed by atoms with Gasteiger partial charge in [0.25, 0.3) is 0 Å². The average Bonchev–Trinajstić information content (AvgIpc) is 2.84. The molecule has 1 saturated heterocycles. The molecule has 3 nitrogen and oxygen atoms in total. The van der Waals surface area contributed by atoms with E-state index in [2.05, 4.69) is 11.8 Å². The minimum Gasteiger partial charge on any atom is -0.478 e. The second-order valence-corrected chi connectivity index (χ2v) is 6.10. The van der Waals surface area contributed by atoms with Crippen LogP contribution in [0.1, 0.15) is 36.6 Å². The number of carboxylic acids is 1. The predicted molar refractivity (Wildman–Crippen MR) is 79.3 cm³/mol. The highest BCUT2D eigenvalue weighted by Crippen LogP contribution is 2.25. The molecule has 1 aromatic heterocycles. The molecule has 0 bridgehead atoms. The van der Waals surface area contributed by atoms with Crippen LogP contribution in [0.2, 0.25) is 0 Å². The van der Waals surface area contributed by atoms with Gasteiger partial charge in [-0.2, -0.15) is 0 Å². The number of nitrogens with zero attached hydrogens (tertiary/aromatic N) is 1. The van der Waals surface area contributed by atoms with Crippen LogP contribution in [0.4, 0.5) is 0 Å². The lowest BCUT2D eigenvalue weighted by Crippen LogP contribution is -2.32. The zero-order chi connectivity index (χ0) is 13.7. The van der Waals surface area contributed by atoms with E-state index in [0.717, 1.165) is 18.0 Å². The number of carboxylic acid groups (broad SMARTS) is 1. The van der Waals surface area contributed by atoms with Crippen LogP contribution in [0, 0.1) is 5.92 Å².